The second-order valence-electron chi connectivity index (χ2n) is 5.11. The van der Waals surface area contributed by atoms with Gasteiger partial charge < -0.3 is 0 Å². The molecule has 0 aliphatic carbocycles. The van der Waals surface area contributed by atoms with E-state index in [1.807, 2.05) is 0 Å². The van der Waals surface area contributed by atoms with Gasteiger partial charge in [0.2, 0.25) is 0 Å². The van der Waals surface area contributed by atoms with Crippen LogP contribution < -0.4 is 0 Å². The second-order valence-corrected chi connectivity index (χ2v) is 5.11. The fourth-order valence-electron chi connectivity index (χ4n) is 2.42. The smallest absolute Gasteiger partial charge is 0.00747 e. The number of nitrogens with zero attached hydrogens (tertiary/aromatic N) is 1. The van der Waals surface area contributed by atoms with E-state index < -0.39 is 0 Å². The highest BCUT2D eigenvalue weighted by Crippen LogP contribution is 2.16. The lowest BCUT2D eigenvalue weighted by Gasteiger charge is -2.37. The van der Waals surface area contributed by atoms with Gasteiger partial charge in [-0.2, -0.15) is 0 Å². The van der Waals surface area contributed by atoms with Crippen molar-refractivity contribution in [1.82, 2.24) is 4.90 Å². The van der Waals surface area contributed by atoms with E-state index in [4.69, 9.17) is 0 Å². The summed E-state index contributed by atoms with van der Waals surface area (Å²) in [4.78, 5) is 2.60. The van der Waals surface area contributed by atoms with E-state index in [1.54, 1.807) is 0 Å². The molecule has 0 rings (SSSR count). The highest BCUT2D eigenvalue weighted by atomic mass is 15.2. The van der Waals surface area contributed by atoms with Crippen LogP contribution in [0.15, 0.2) is 0 Å². The zero-order chi connectivity index (χ0) is 10.6. The molecule has 1 unspecified atom stereocenters. The van der Waals surface area contributed by atoms with Gasteiger partial charge in [0.05, 0.1) is 0 Å². The van der Waals surface area contributed by atoms with Gasteiger partial charge in [0.15, 0.2) is 0 Å². The molecular formula is C12H27N. The zero-order valence-electron chi connectivity index (χ0n) is 10.5. The van der Waals surface area contributed by atoms with Crippen LogP contribution >= 0.6 is 0 Å². The van der Waals surface area contributed by atoms with E-state index in [-0.39, 0.29) is 0 Å². The summed E-state index contributed by atoms with van der Waals surface area (Å²) in [5.74, 6) is 0.801. The maximum absolute atomic E-state index is 2.60. The monoisotopic (exact) mass is 185 g/mol. The van der Waals surface area contributed by atoms with Crippen molar-refractivity contribution in [1.29, 1.82) is 0 Å². The first-order valence-electron chi connectivity index (χ1n) is 5.63. The molecule has 0 N–H and O–H groups in total. The predicted octanol–water partition coefficient (Wildman–Crippen LogP) is 3.54. The quantitative estimate of drug-likeness (QED) is 0.633. The molecular weight excluding hydrogens is 158 g/mol. The summed E-state index contributed by atoms with van der Waals surface area (Å²) in [5.41, 5.74) is 0. The summed E-state index contributed by atoms with van der Waals surface area (Å²) < 4.78 is 0. The average molecular weight is 185 g/mol. The van der Waals surface area contributed by atoms with Gasteiger partial charge in [-0.3, -0.25) is 4.90 Å². The third-order valence-electron chi connectivity index (χ3n) is 2.51. The Hall–Kier alpha value is -0.0400. The molecule has 0 aliphatic rings. The van der Waals surface area contributed by atoms with Crippen LogP contribution in [0.25, 0.3) is 0 Å². The Balaban J connectivity index is 4.20. The minimum absolute atomic E-state index is 0.661. The number of hydrogen-bond donors (Lipinski definition) is 0. The van der Waals surface area contributed by atoms with E-state index >= 15 is 0 Å². The summed E-state index contributed by atoms with van der Waals surface area (Å²) >= 11 is 0. The van der Waals surface area contributed by atoms with Gasteiger partial charge in [-0.1, -0.05) is 13.8 Å². The third kappa shape index (κ3) is 4.66. The van der Waals surface area contributed by atoms with Crippen molar-refractivity contribution >= 4 is 0 Å². The maximum Gasteiger partial charge on any atom is 0.00747 e. The molecule has 1 nitrogen and oxygen atoms in total. The molecule has 1 heteroatoms. The van der Waals surface area contributed by atoms with Crippen molar-refractivity contribution < 1.29 is 0 Å². The first kappa shape index (κ1) is 13.0. The topological polar surface area (TPSA) is 3.24 Å². The molecule has 0 heterocycles. The molecule has 0 aliphatic heterocycles. The van der Waals surface area contributed by atoms with E-state index in [2.05, 4.69) is 53.4 Å². The Morgan fingerprint density at radius 2 is 1.15 bits per heavy atom. The van der Waals surface area contributed by atoms with Gasteiger partial charge in [-0.05, 0) is 47.0 Å². The fourth-order valence-corrected chi connectivity index (χ4v) is 2.42. The molecule has 13 heavy (non-hydrogen) atoms. The molecule has 0 fully saturated rings. The van der Waals surface area contributed by atoms with E-state index in [1.165, 1.54) is 6.42 Å². The first-order valence-corrected chi connectivity index (χ1v) is 5.63. The first-order chi connectivity index (χ1) is 5.86. The maximum atomic E-state index is 2.60. The Morgan fingerprint density at radius 1 is 0.769 bits per heavy atom. The van der Waals surface area contributed by atoms with Crippen LogP contribution in [-0.2, 0) is 0 Å². The molecule has 0 aromatic carbocycles. The molecule has 0 saturated carbocycles. The Morgan fingerprint density at radius 3 is 1.38 bits per heavy atom. The Bertz CT molecular complexity index is 119. The average Bonchev–Trinajstić information content (AvgIpc) is 1.81. The Labute approximate surface area is 84.5 Å². The molecule has 0 bridgehead atoms. The lowest BCUT2D eigenvalue weighted by molar-refractivity contribution is 0.108. The van der Waals surface area contributed by atoms with E-state index in [0.29, 0.717) is 18.1 Å². The van der Waals surface area contributed by atoms with Crippen molar-refractivity contribution in [3.8, 4) is 0 Å². The SMILES string of the molecule is CC(C)CC(C)N(C(C)C)C(C)C. The lowest BCUT2D eigenvalue weighted by Crippen LogP contribution is -2.44. The molecule has 0 amide bonds. The third-order valence-corrected chi connectivity index (χ3v) is 2.51. The van der Waals surface area contributed by atoms with Gasteiger partial charge in [-0.15, -0.1) is 0 Å². The van der Waals surface area contributed by atoms with Crippen LogP contribution in [0.4, 0.5) is 0 Å². The predicted molar refractivity (Wildman–Crippen MR) is 61.0 cm³/mol. The zero-order valence-corrected chi connectivity index (χ0v) is 10.5. The number of rotatable bonds is 5. The summed E-state index contributed by atoms with van der Waals surface area (Å²) in [6.45, 7) is 16.1. The van der Waals surface area contributed by atoms with Crippen molar-refractivity contribution in [2.45, 2.75) is 73.0 Å². The van der Waals surface area contributed by atoms with Gasteiger partial charge in [0.25, 0.3) is 0 Å². The van der Waals surface area contributed by atoms with Crippen LogP contribution in [0.5, 0.6) is 0 Å². The normalized spacial score (nSPS) is 15.0. The molecule has 0 radical (unpaired) electrons. The standard InChI is InChI=1S/C12H27N/c1-9(2)8-12(7)13(10(3)4)11(5)6/h9-12H,8H2,1-7H3. The van der Waals surface area contributed by atoms with Crippen LogP contribution in [0.3, 0.4) is 0 Å². The van der Waals surface area contributed by atoms with E-state index in [0.717, 1.165) is 5.92 Å². The van der Waals surface area contributed by atoms with Crippen LogP contribution in [-0.4, -0.2) is 23.0 Å². The fraction of sp³-hybridized carbons (Fsp3) is 1.00. The minimum Gasteiger partial charge on any atom is -0.296 e. The van der Waals surface area contributed by atoms with Gasteiger partial charge in [0.1, 0.15) is 0 Å². The van der Waals surface area contributed by atoms with Gasteiger partial charge >= 0.3 is 0 Å². The van der Waals surface area contributed by atoms with Crippen LogP contribution in [0, 0.1) is 5.92 Å². The number of hydrogen-bond acceptors (Lipinski definition) is 1. The molecule has 1 atom stereocenters. The summed E-state index contributed by atoms with van der Waals surface area (Å²) in [7, 11) is 0. The van der Waals surface area contributed by atoms with Crippen LogP contribution in [0.2, 0.25) is 0 Å². The lowest BCUT2D eigenvalue weighted by atomic mass is 10.0. The van der Waals surface area contributed by atoms with Crippen LogP contribution in [0.1, 0.15) is 54.9 Å². The Kier molecular flexibility index (Phi) is 5.62. The molecule has 0 aromatic rings. The summed E-state index contributed by atoms with van der Waals surface area (Å²) in [6, 6.07) is 2.03. The molecule has 0 saturated heterocycles. The van der Waals surface area contributed by atoms with Crippen molar-refractivity contribution in [3.63, 3.8) is 0 Å². The van der Waals surface area contributed by atoms with E-state index in [9.17, 15) is 0 Å². The van der Waals surface area contributed by atoms with Crippen molar-refractivity contribution in [2.75, 3.05) is 0 Å². The molecule has 80 valence electrons. The molecule has 0 spiro atoms. The highest BCUT2D eigenvalue weighted by molar-refractivity contribution is 4.75. The second kappa shape index (κ2) is 5.64. The largest absolute Gasteiger partial charge is 0.296 e. The highest BCUT2D eigenvalue weighted by Gasteiger charge is 2.20. The van der Waals surface area contributed by atoms with Gasteiger partial charge in [-0.25, -0.2) is 0 Å². The van der Waals surface area contributed by atoms with Crippen molar-refractivity contribution in [2.24, 2.45) is 5.92 Å². The van der Waals surface area contributed by atoms with Gasteiger partial charge in [0, 0.05) is 18.1 Å². The summed E-state index contributed by atoms with van der Waals surface area (Å²) in [5, 5.41) is 0. The van der Waals surface area contributed by atoms with Crippen molar-refractivity contribution in [3.05, 3.63) is 0 Å². The summed E-state index contributed by atoms with van der Waals surface area (Å²) in [6.07, 6.45) is 1.30. The molecule has 0 aromatic heterocycles. The minimum atomic E-state index is 0.661.